The molecule has 0 saturated heterocycles. The lowest BCUT2D eigenvalue weighted by Gasteiger charge is -2.04. The molecule has 1 rings (SSSR count). The van der Waals surface area contributed by atoms with E-state index in [4.69, 9.17) is 5.41 Å². The minimum Gasteiger partial charge on any atom is -0.373 e. The van der Waals surface area contributed by atoms with Crippen molar-refractivity contribution in [1.29, 1.82) is 5.41 Å². The van der Waals surface area contributed by atoms with Gasteiger partial charge in [-0.3, -0.25) is 0 Å². The van der Waals surface area contributed by atoms with Crippen molar-refractivity contribution in [2.24, 2.45) is 0 Å². The summed E-state index contributed by atoms with van der Waals surface area (Å²) in [5.74, 6) is 0.764. The lowest BCUT2D eigenvalue weighted by Crippen LogP contribution is -1.99. The van der Waals surface area contributed by atoms with Gasteiger partial charge in [-0.2, -0.15) is 0 Å². The van der Waals surface area contributed by atoms with E-state index in [-0.39, 0.29) is 0 Å². The maximum atomic E-state index is 7.12. The molecule has 1 heterocycles. The molecule has 0 radical (unpaired) electrons. The Morgan fingerprint density at radius 3 is 2.46 bits per heavy atom. The first-order valence-electron chi connectivity index (χ1n) is 4.43. The summed E-state index contributed by atoms with van der Waals surface area (Å²) in [6, 6.07) is 1.89. The number of aromatic nitrogens is 1. The van der Waals surface area contributed by atoms with E-state index in [0.717, 1.165) is 16.9 Å². The average Bonchev–Trinajstić information content (AvgIpc) is 2.20. The number of nitrogens with one attached hydrogen (secondary N) is 2. The van der Waals surface area contributed by atoms with Gasteiger partial charge in [0.05, 0.1) is 0 Å². The third-order valence-electron chi connectivity index (χ3n) is 1.59. The van der Waals surface area contributed by atoms with E-state index in [1.165, 1.54) is 6.21 Å². The highest BCUT2D eigenvalue weighted by atomic mass is 15.0. The molecule has 0 fully saturated rings. The number of rotatable bonds is 2. The summed E-state index contributed by atoms with van der Waals surface area (Å²) in [4.78, 5) is 4.07. The van der Waals surface area contributed by atoms with Gasteiger partial charge in [0, 0.05) is 25.0 Å². The quantitative estimate of drug-likeness (QED) is 0.685. The normalized spacial score (nSPS) is 8.31. The monoisotopic (exact) mass is 179 g/mol. The Morgan fingerprint density at radius 2 is 2.08 bits per heavy atom. The second kappa shape index (κ2) is 6.17. The second-order valence-electron chi connectivity index (χ2n) is 2.28. The number of pyridine rings is 1. The van der Waals surface area contributed by atoms with Crippen LogP contribution in [0.1, 0.15) is 25.0 Å². The number of hydrogen-bond acceptors (Lipinski definition) is 3. The fraction of sp³-hybridized carbons (Fsp3) is 0.400. The van der Waals surface area contributed by atoms with Crippen LogP contribution in [0.5, 0.6) is 0 Å². The van der Waals surface area contributed by atoms with Crippen molar-refractivity contribution < 1.29 is 0 Å². The molecule has 3 heteroatoms. The Balaban J connectivity index is 0.000000671. The third-order valence-corrected chi connectivity index (χ3v) is 1.59. The third kappa shape index (κ3) is 2.86. The highest BCUT2D eigenvalue weighted by Crippen LogP contribution is 2.12. The fourth-order valence-corrected chi connectivity index (χ4v) is 0.951. The van der Waals surface area contributed by atoms with Gasteiger partial charge in [-0.25, -0.2) is 4.98 Å². The molecule has 0 saturated carbocycles. The summed E-state index contributed by atoms with van der Waals surface area (Å²) < 4.78 is 0. The van der Waals surface area contributed by atoms with E-state index in [9.17, 15) is 0 Å². The van der Waals surface area contributed by atoms with E-state index < -0.39 is 0 Å². The molecule has 0 bridgehead atoms. The molecule has 13 heavy (non-hydrogen) atoms. The van der Waals surface area contributed by atoms with Crippen molar-refractivity contribution in [2.45, 2.75) is 20.8 Å². The van der Waals surface area contributed by atoms with E-state index in [1.54, 1.807) is 13.2 Å². The molecule has 0 aliphatic heterocycles. The van der Waals surface area contributed by atoms with Crippen LogP contribution in [0, 0.1) is 12.3 Å². The molecular weight excluding hydrogens is 162 g/mol. The predicted octanol–water partition coefficient (Wildman–Crippen LogP) is 2.46. The van der Waals surface area contributed by atoms with E-state index in [1.807, 2.05) is 26.8 Å². The first-order chi connectivity index (χ1) is 6.29. The van der Waals surface area contributed by atoms with Gasteiger partial charge in [0.15, 0.2) is 0 Å². The highest BCUT2D eigenvalue weighted by Gasteiger charge is 2.00. The van der Waals surface area contributed by atoms with Crippen molar-refractivity contribution in [3.8, 4) is 0 Å². The van der Waals surface area contributed by atoms with Gasteiger partial charge in [-0.05, 0) is 18.6 Å². The number of anilines is 1. The number of nitrogens with zero attached hydrogens (tertiary/aromatic N) is 1. The lowest BCUT2D eigenvalue weighted by molar-refractivity contribution is 1.24. The Morgan fingerprint density at radius 1 is 1.46 bits per heavy atom. The summed E-state index contributed by atoms with van der Waals surface area (Å²) in [7, 11) is 1.80. The topological polar surface area (TPSA) is 48.8 Å². The molecule has 0 aliphatic carbocycles. The Bertz CT molecular complexity index is 269. The predicted molar refractivity (Wildman–Crippen MR) is 57.8 cm³/mol. The Kier molecular flexibility index (Phi) is 5.52. The molecule has 3 nitrogen and oxygen atoms in total. The van der Waals surface area contributed by atoms with Crippen LogP contribution in [0.3, 0.4) is 0 Å². The van der Waals surface area contributed by atoms with E-state index in [2.05, 4.69) is 10.3 Å². The molecule has 0 aromatic carbocycles. The van der Waals surface area contributed by atoms with E-state index in [0.29, 0.717) is 0 Å². The summed E-state index contributed by atoms with van der Waals surface area (Å²) in [6.45, 7) is 5.96. The summed E-state index contributed by atoms with van der Waals surface area (Å²) >= 11 is 0. The van der Waals surface area contributed by atoms with Crippen LogP contribution in [0.15, 0.2) is 12.3 Å². The van der Waals surface area contributed by atoms with Gasteiger partial charge in [-0.15, -0.1) is 0 Å². The van der Waals surface area contributed by atoms with Crippen LogP contribution in [0.25, 0.3) is 0 Å². The van der Waals surface area contributed by atoms with Crippen molar-refractivity contribution in [1.82, 2.24) is 4.98 Å². The van der Waals surface area contributed by atoms with Gasteiger partial charge in [0.1, 0.15) is 5.82 Å². The van der Waals surface area contributed by atoms with Crippen LogP contribution in [0.2, 0.25) is 0 Å². The van der Waals surface area contributed by atoms with Crippen LogP contribution in [-0.4, -0.2) is 18.2 Å². The van der Waals surface area contributed by atoms with Gasteiger partial charge in [0.25, 0.3) is 0 Å². The first-order valence-corrected chi connectivity index (χ1v) is 4.43. The molecule has 72 valence electrons. The van der Waals surface area contributed by atoms with Gasteiger partial charge < -0.3 is 10.7 Å². The standard InChI is InChI=1S/C8H11N3.C2H6/c1-6-3-4-11-8(10-2)7(6)5-9;1-2/h3-5,9H,1-2H3,(H,10,11);1-2H3. The minimum absolute atomic E-state index is 0.764. The average molecular weight is 179 g/mol. The summed E-state index contributed by atoms with van der Waals surface area (Å²) in [6.07, 6.45) is 3.04. The smallest absolute Gasteiger partial charge is 0.134 e. The van der Waals surface area contributed by atoms with Gasteiger partial charge >= 0.3 is 0 Å². The maximum Gasteiger partial charge on any atom is 0.134 e. The molecule has 2 N–H and O–H groups in total. The molecule has 0 unspecified atom stereocenters. The Hall–Kier alpha value is -1.38. The number of hydrogen-bond donors (Lipinski definition) is 2. The molecule has 1 aromatic heterocycles. The SMILES string of the molecule is CC.CNc1nccc(C)c1C=N. The fourth-order valence-electron chi connectivity index (χ4n) is 0.951. The molecule has 0 aliphatic rings. The van der Waals surface area contributed by atoms with Gasteiger partial charge in [-0.1, -0.05) is 13.8 Å². The first kappa shape index (κ1) is 11.6. The van der Waals surface area contributed by atoms with Crippen LogP contribution < -0.4 is 5.32 Å². The second-order valence-corrected chi connectivity index (χ2v) is 2.28. The molecule has 0 spiro atoms. The minimum atomic E-state index is 0.764. The zero-order valence-corrected chi connectivity index (χ0v) is 8.68. The molecule has 0 amide bonds. The maximum absolute atomic E-state index is 7.12. The highest BCUT2D eigenvalue weighted by molar-refractivity contribution is 5.85. The summed E-state index contributed by atoms with van der Waals surface area (Å²) in [5, 5.41) is 10.0. The van der Waals surface area contributed by atoms with Crippen LogP contribution >= 0.6 is 0 Å². The van der Waals surface area contributed by atoms with Crippen molar-refractivity contribution in [3.05, 3.63) is 23.4 Å². The van der Waals surface area contributed by atoms with Crippen molar-refractivity contribution in [2.75, 3.05) is 12.4 Å². The molecule has 1 aromatic rings. The van der Waals surface area contributed by atoms with Crippen LogP contribution in [-0.2, 0) is 0 Å². The van der Waals surface area contributed by atoms with Gasteiger partial charge in [0.2, 0.25) is 0 Å². The largest absolute Gasteiger partial charge is 0.373 e. The zero-order valence-electron chi connectivity index (χ0n) is 8.68. The van der Waals surface area contributed by atoms with Crippen molar-refractivity contribution >= 4 is 12.0 Å². The summed E-state index contributed by atoms with van der Waals surface area (Å²) in [5.41, 5.74) is 1.93. The Labute approximate surface area is 79.7 Å². The van der Waals surface area contributed by atoms with Crippen LogP contribution in [0.4, 0.5) is 5.82 Å². The van der Waals surface area contributed by atoms with E-state index >= 15 is 0 Å². The zero-order chi connectivity index (χ0) is 10.3. The molecular formula is C10H17N3. The lowest BCUT2D eigenvalue weighted by atomic mass is 10.1. The molecule has 0 atom stereocenters. The van der Waals surface area contributed by atoms with Crippen molar-refractivity contribution in [3.63, 3.8) is 0 Å². The number of aryl methyl sites for hydroxylation is 1.